The van der Waals surface area contributed by atoms with Crippen LogP contribution in [0.1, 0.15) is 80.6 Å². The SMILES string of the molecule is C=CCN1CCC(C(C)CCCC(C)C)CC1.CC.CNC(C)C. The summed E-state index contributed by atoms with van der Waals surface area (Å²) in [5.41, 5.74) is 0. The van der Waals surface area contributed by atoms with Gasteiger partial charge in [-0.15, -0.1) is 6.58 Å². The third-order valence-electron chi connectivity index (χ3n) is 4.84. The molecule has 1 unspecified atom stereocenters. The molecule has 1 fully saturated rings. The Bertz CT molecular complexity index is 253. The fourth-order valence-corrected chi connectivity index (χ4v) is 2.97. The predicted molar refractivity (Wildman–Crippen MR) is 113 cm³/mol. The molecule has 1 saturated heterocycles. The summed E-state index contributed by atoms with van der Waals surface area (Å²) in [6, 6.07) is 0.634. The molecule has 0 aromatic rings. The van der Waals surface area contributed by atoms with Crippen molar-refractivity contribution in [3.05, 3.63) is 12.7 Å². The molecule has 0 spiro atoms. The Labute approximate surface area is 154 Å². The van der Waals surface area contributed by atoms with E-state index in [4.69, 9.17) is 0 Å². The standard InChI is InChI=1S/C16H31N.C4H11N.C2H6/c1-5-11-17-12-9-16(10-13-17)15(4)8-6-7-14(2)3;1-4(2)5-3;1-2/h5,14-16H,1,6-13H2,2-4H3;4-5H,1-3H3;1-2H3. The number of hydrogen-bond donors (Lipinski definition) is 1. The van der Waals surface area contributed by atoms with Crippen molar-refractivity contribution in [2.45, 2.75) is 86.6 Å². The molecule has 0 amide bonds. The molecule has 1 atom stereocenters. The Morgan fingerprint density at radius 2 is 1.54 bits per heavy atom. The van der Waals surface area contributed by atoms with E-state index >= 15 is 0 Å². The van der Waals surface area contributed by atoms with Gasteiger partial charge in [-0.05, 0) is 50.7 Å². The Balaban J connectivity index is 0. The van der Waals surface area contributed by atoms with Crippen LogP contribution in [0.3, 0.4) is 0 Å². The van der Waals surface area contributed by atoms with Crippen LogP contribution in [0.2, 0.25) is 0 Å². The minimum Gasteiger partial charge on any atom is -0.318 e. The van der Waals surface area contributed by atoms with Crippen molar-refractivity contribution in [1.29, 1.82) is 0 Å². The quantitative estimate of drug-likeness (QED) is 0.546. The van der Waals surface area contributed by atoms with Gasteiger partial charge in [0.1, 0.15) is 0 Å². The molecule has 0 aliphatic carbocycles. The van der Waals surface area contributed by atoms with E-state index < -0.39 is 0 Å². The molecule has 146 valence electrons. The van der Waals surface area contributed by atoms with Gasteiger partial charge in [0.05, 0.1) is 0 Å². The highest BCUT2D eigenvalue weighted by Crippen LogP contribution is 2.28. The lowest BCUT2D eigenvalue weighted by Gasteiger charge is -2.34. The van der Waals surface area contributed by atoms with Crippen molar-refractivity contribution < 1.29 is 0 Å². The minimum absolute atomic E-state index is 0.634. The van der Waals surface area contributed by atoms with Crippen LogP contribution < -0.4 is 5.32 Å². The third-order valence-corrected chi connectivity index (χ3v) is 4.84. The lowest BCUT2D eigenvalue weighted by atomic mass is 9.82. The molecule has 1 aliphatic heterocycles. The van der Waals surface area contributed by atoms with E-state index in [1.165, 1.54) is 45.2 Å². The Hall–Kier alpha value is -0.340. The number of hydrogen-bond acceptors (Lipinski definition) is 2. The first kappa shape index (κ1) is 25.9. The van der Waals surface area contributed by atoms with Crippen LogP contribution in [-0.4, -0.2) is 37.6 Å². The second kappa shape index (κ2) is 17.5. The number of likely N-dealkylation sites (tertiary alicyclic amines) is 1. The highest BCUT2D eigenvalue weighted by atomic mass is 15.1. The van der Waals surface area contributed by atoms with Crippen LogP contribution >= 0.6 is 0 Å². The molecule has 24 heavy (non-hydrogen) atoms. The molecule has 1 aliphatic rings. The van der Waals surface area contributed by atoms with E-state index in [0.717, 1.165) is 24.3 Å². The van der Waals surface area contributed by atoms with Crippen molar-refractivity contribution in [3.63, 3.8) is 0 Å². The zero-order valence-electron chi connectivity index (χ0n) is 18.2. The lowest BCUT2D eigenvalue weighted by Crippen LogP contribution is -2.35. The molecule has 2 nitrogen and oxygen atoms in total. The second-order valence-corrected chi connectivity index (χ2v) is 7.67. The molecule has 1 heterocycles. The van der Waals surface area contributed by atoms with E-state index in [1.807, 2.05) is 27.0 Å². The summed E-state index contributed by atoms with van der Waals surface area (Å²) in [5.74, 6) is 2.78. The monoisotopic (exact) mass is 340 g/mol. The molecule has 0 aromatic carbocycles. The molecule has 2 heteroatoms. The maximum atomic E-state index is 3.82. The summed E-state index contributed by atoms with van der Waals surface area (Å²) in [6.45, 7) is 22.8. The molecule has 0 bridgehead atoms. The molecule has 1 N–H and O–H groups in total. The maximum Gasteiger partial charge on any atom is 0.0160 e. The zero-order chi connectivity index (χ0) is 19.0. The van der Waals surface area contributed by atoms with Crippen LogP contribution in [0.15, 0.2) is 12.7 Å². The molecule has 0 radical (unpaired) electrons. The second-order valence-electron chi connectivity index (χ2n) is 7.67. The van der Waals surface area contributed by atoms with Crippen molar-refractivity contribution in [2.24, 2.45) is 17.8 Å². The van der Waals surface area contributed by atoms with Gasteiger partial charge in [0, 0.05) is 12.6 Å². The van der Waals surface area contributed by atoms with Gasteiger partial charge in [0.15, 0.2) is 0 Å². The van der Waals surface area contributed by atoms with Crippen LogP contribution in [0.4, 0.5) is 0 Å². The average molecular weight is 341 g/mol. The van der Waals surface area contributed by atoms with Gasteiger partial charge in [-0.2, -0.15) is 0 Å². The van der Waals surface area contributed by atoms with E-state index in [9.17, 15) is 0 Å². The largest absolute Gasteiger partial charge is 0.318 e. The summed E-state index contributed by atoms with van der Waals surface area (Å²) >= 11 is 0. The summed E-state index contributed by atoms with van der Waals surface area (Å²) in [6.07, 6.45) is 9.09. The van der Waals surface area contributed by atoms with Gasteiger partial charge in [-0.3, -0.25) is 4.90 Å². The Morgan fingerprint density at radius 3 is 1.92 bits per heavy atom. The number of nitrogens with zero attached hydrogens (tertiary/aromatic N) is 1. The van der Waals surface area contributed by atoms with Crippen LogP contribution in [0, 0.1) is 17.8 Å². The Morgan fingerprint density at radius 1 is 1.04 bits per heavy atom. The van der Waals surface area contributed by atoms with Crippen molar-refractivity contribution in [3.8, 4) is 0 Å². The van der Waals surface area contributed by atoms with Crippen LogP contribution in [-0.2, 0) is 0 Å². The number of rotatable bonds is 8. The molecule has 0 aromatic heterocycles. The first-order valence-corrected chi connectivity index (χ1v) is 10.4. The topological polar surface area (TPSA) is 15.3 Å². The van der Waals surface area contributed by atoms with Gasteiger partial charge < -0.3 is 5.32 Å². The number of nitrogens with one attached hydrogen (secondary N) is 1. The summed E-state index contributed by atoms with van der Waals surface area (Å²) in [4.78, 5) is 2.53. The van der Waals surface area contributed by atoms with E-state index in [2.05, 4.69) is 51.4 Å². The van der Waals surface area contributed by atoms with Gasteiger partial charge >= 0.3 is 0 Å². The molecular formula is C22H48N2. The van der Waals surface area contributed by atoms with Gasteiger partial charge in [-0.25, -0.2) is 0 Å². The fourth-order valence-electron chi connectivity index (χ4n) is 2.97. The van der Waals surface area contributed by atoms with Crippen LogP contribution in [0.5, 0.6) is 0 Å². The first-order chi connectivity index (χ1) is 11.4. The average Bonchev–Trinajstić information content (AvgIpc) is 2.57. The Kier molecular flexibility index (Phi) is 18.9. The van der Waals surface area contributed by atoms with Crippen LogP contribution in [0.25, 0.3) is 0 Å². The normalized spacial score (nSPS) is 16.9. The molecule has 0 saturated carbocycles. The lowest BCUT2D eigenvalue weighted by molar-refractivity contribution is 0.158. The summed E-state index contributed by atoms with van der Waals surface area (Å²) < 4.78 is 0. The predicted octanol–water partition coefficient (Wildman–Crippen LogP) is 5.99. The van der Waals surface area contributed by atoms with Crippen molar-refractivity contribution in [1.82, 2.24) is 10.2 Å². The van der Waals surface area contributed by atoms with Gasteiger partial charge in [0.25, 0.3) is 0 Å². The maximum absolute atomic E-state index is 3.82. The molecule has 1 rings (SSSR count). The summed E-state index contributed by atoms with van der Waals surface area (Å²) in [5, 5.41) is 3.03. The van der Waals surface area contributed by atoms with Gasteiger partial charge in [0.2, 0.25) is 0 Å². The number of piperidine rings is 1. The molecular weight excluding hydrogens is 292 g/mol. The minimum atomic E-state index is 0.634. The van der Waals surface area contributed by atoms with E-state index in [-0.39, 0.29) is 0 Å². The first-order valence-electron chi connectivity index (χ1n) is 10.4. The van der Waals surface area contributed by atoms with E-state index in [0.29, 0.717) is 6.04 Å². The summed E-state index contributed by atoms with van der Waals surface area (Å²) in [7, 11) is 1.95. The smallest absolute Gasteiger partial charge is 0.0160 e. The highest BCUT2D eigenvalue weighted by Gasteiger charge is 2.22. The highest BCUT2D eigenvalue weighted by molar-refractivity contribution is 4.80. The zero-order valence-corrected chi connectivity index (χ0v) is 18.2. The van der Waals surface area contributed by atoms with Crippen molar-refractivity contribution in [2.75, 3.05) is 26.7 Å². The van der Waals surface area contributed by atoms with Gasteiger partial charge in [-0.1, -0.05) is 73.8 Å². The van der Waals surface area contributed by atoms with E-state index in [1.54, 1.807) is 0 Å². The third kappa shape index (κ3) is 15.2. The van der Waals surface area contributed by atoms with Crippen molar-refractivity contribution >= 4 is 0 Å². The fraction of sp³-hybridized carbons (Fsp3) is 0.909.